The van der Waals surface area contributed by atoms with Crippen LogP contribution < -0.4 is 9.64 Å². The highest BCUT2D eigenvalue weighted by Gasteiger charge is 2.27. The third-order valence-corrected chi connectivity index (χ3v) is 3.85. The minimum Gasteiger partial charge on any atom is -0.487 e. The Balaban J connectivity index is 1.71. The van der Waals surface area contributed by atoms with Gasteiger partial charge in [0.2, 0.25) is 0 Å². The van der Waals surface area contributed by atoms with E-state index in [1.165, 1.54) is 6.20 Å². The second-order valence-corrected chi connectivity index (χ2v) is 5.48. The molecule has 0 amide bonds. The van der Waals surface area contributed by atoms with E-state index in [0.29, 0.717) is 18.1 Å². The van der Waals surface area contributed by atoms with Crippen LogP contribution in [0.15, 0.2) is 35.3 Å². The molecule has 1 unspecified atom stereocenters. The molecule has 21 heavy (non-hydrogen) atoms. The first kappa shape index (κ1) is 13.8. The van der Waals surface area contributed by atoms with E-state index >= 15 is 0 Å². The summed E-state index contributed by atoms with van der Waals surface area (Å²) >= 11 is 3.42. The van der Waals surface area contributed by atoms with Gasteiger partial charge in [0.25, 0.3) is 0 Å². The normalized spacial score (nSPS) is 17.5. The maximum Gasteiger partial charge on any atom is 0.183 e. The minimum atomic E-state index is 0.0530. The highest BCUT2D eigenvalue weighted by atomic mass is 79.9. The van der Waals surface area contributed by atoms with Gasteiger partial charge in [0.15, 0.2) is 11.5 Å². The quantitative estimate of drug-likeness (QED) is 0.848. The first-order valence-electron chi connectivity index (χ1n) is 6.50. The standard InChI is InChI=1S/C14H12BrN5O/c15-11-8-17-3-1-13(11)21-10-2-6-20(9-10)14-12(7-16)18-4-5-19-14/h1,3-5,8,10H,2,6,9H2. The minimum absolute atomic E-state index is 0.0530. The Kier molecular flexibility index (Phi) is 3.97. The number of ether oxygens (including phenoxy) is 1. The monoisotopic (exact) mass is 345 g/mol. The topological polar surface area (TPSA) is 74.9 Å². The maximum absolute atomic E-state index is 9.09. The molecule has 1 fully saturated rings. The Morgan fingerprint density at radius 3 is 3.00 bits per heavy atom. The van der Waals surface area contributed by atoms with Crippen molar-refractivity contribution in [3.05, 3.63) is 41.0 Å². The molecule has 0 bridgehead atoms. The number of pyridine rings is 1. The van der Waals surface area contributed by atoms with Crippen LogP contribution >= 0.6 is 15.9 Å². The van der Waals surface area contributed by atoms with E-state index in [4.69, 9.17) is 10.00 Å². The van der Waals surface area contributed by atoms with Crippen molar-refractivity contribution in [3.63, 3.8) is 0 Å². The molecule has 0 N–H and O–H groups in total. The molecule has 0 radical (unpaired) electrons. The number of halogens is 1. The van der Waals surface area contributed by atoms with Crippen LogP contribution in [-0.4, -0.2) is 34.1 Å². The average molecular weight is 346 g/mol. The zero-order valence-electron chi connectivity index (χ0n) is 11.1. The maximum atomic E-state index is 9.09. The fourth-order valence-electron chi connectivity index (χ4n) is 2.30. The molecule has 3 heterocycles. The second kappa shape index (κ2) is 6.06. The van der Waals surface area contributed by atoms with Gasteiger partial charge in [-0.05, 0) is 22.0 Å². The predicted molar refractivity (Wildman–Crippen MR) is 79.9 cm³/mol. The summed E-state index contributed by atoms with van der Waals surface area (Å²) in [5.74, 6) is 1.40. The fourth-order valence-corrected chi connectivity index (χ4v) is 2.64. The summed E-state index contributed by atoms with van der Waals surface area (Å²) in [4.78, 5) is 14.3. The van der Waals surface area contributed by atoms with Gasteiger partial charge in [-0.1, -0.05) is 0 Å². The molecule has 106 valence electrons. The van der Waals surface area contributed by atoms with Gasteiger partial charge in [-0.2, -0.15) is 5.26 Å². The third kappa shape index (κ3) is 2.95. The molecule has 2 aromatic rings. The lowest BCUT2D eigenvalue weighted by molar-refractivity contribution is 0.223. The van der Waals surface area contributed by atoms with Gasteiger partial charge in [-0.3, -0.25) is 4.98 Å². The number of anilines is 1. The summed E-state index contributed by atoms with van der Waals surface area (Å²) in [7, 11) is 0. The van der Waals surface area contributed by atoms with Crippen molar-refractivity contribution in [3.8, 4) is 11.8 Å². The lowest BCUT2D eigenvalue weighted by Gasteiger charge is -2.18. The van der Waals surface area contributed by atoms with Gasteiger partial charge in [0.05, 0.1) is 11.0 Å². The summed E-state index contributed by atoms with van der Waals surface area (Å²) in [6.07, 6.45) is 7.46. The van der Waals surface area contributed by atoms with Gasteiger partial charge in [0, 0.05) is 37.8 Å². The first-order chi connectivity index (χ1) is 10.3. The highest BCUT2D eigenvalue weighted by molar-refractivity contribution is 9.10. The Morgan fingerprint density at radius 1 is 1.33 bits per heavy atom. The molecule has 6 nitrogen and oxygen atoms in total. The Morgan fingerprint density at radius 2 is 2.19 bits per heavy atom. The van der Waals surface area contributed by atoms with Crippen LogP contribution in [0.25, 0.3) is 0 Å². The Hall–Kier alpha value is -2.20. The Labute approximate surface area is 130 Å². The van der Waals surface area contributed by atoms with Gasteiger partial charge in [0.1, 0.15) is 17.9 Å². The molecule has 1 saturated heterocycles. The molecule has 1 aliphatic heterocycles. The Bertz CT molecular complexity index is 687. The van der Waals surface area contributed by atoms with E-state index in [1.54, 1.807) is 18.6 Å². The van der Waals surface area contributed by atoms with Crippen molar-refractivity contribution in [2.75, 3.05) is 18.0 Å². The summed E-state index contributed by atoms with van der Waals surface area (Å²) in [6.45, 7) is 1.48. The molecular weight excluding hydrogens is 334 g/mol. The number of hydrogen-bond donors (Lipinski definition) is 0. The lowest BCUT2D eigenvalue weighted by Crippen LogP contribution is -2.26. The van der Waals surface area contributed by atoms with Gasteiger partial charge < -0.3 is 9.64 Å². The zero-order chi connectivity index (χ0) is 14.7. The van der Waals surface area contributed by atoms with Crippen LogP contribution in [0, 0.1) is 11.3 Å². The average Bonchev–Trinajstić information content (AvgIpc) is 2.98. The van der Waals surface area contributed by atoms with Crippen LogP contribution in [0.2, 0.25) is 0 Å². The number of nitriles is 1. The fraction of sp³-hybridized carbons (Fsp3) is 0.286. The SMILES string of the molecule is N#Cc1nccnc1N1CCC(Oc2ccncc2Br)C1. The summed E-state index contributed by atoms with van der Waals surface area (Å²) in [5.41, 5.74) is 0.350. The largest absolute Gasteiger partial charge is 0.487 e. The molecule has 0 saturated carbocycles. The molecule has 2 aromatic heterocycles. The van der Waals surface area contributed by atoms with Crippen molar-refractivity contribution in [2.24, 2.45) is 0 Å². The van der Waals surface area contributed by atoms with Gasteiger partial charge >= 0.3 is 0 Å². The summed E-state index contributed by atoms with van der Waals surface area (Å²) in [6, 6.07) is 3.90. The van der Waals surface area contributed by atoms with Gasteiger partial charge in [-0.15, -0.1) is 0 Å². The van der Waals surface area contributed by atoms with E-state index in [-0.39, 0.29) is 6.10 Å². The lowest BCUT2D eigenvalue weighted by atomic mass is 10.3. The summed E-state index contributed by atoms with van der Waals surface area (Å²) in [5, 5.41) is 9.09. The van der Waals surface area contributed by atoms with Gasteiger partial charge in [-0.25, -0.2) is 9.97 Å². The van der Waals surface area contributed by atoms with Crippen LogP contribution in [0.4, 0.5) is 5.82 Å². The number of hydrogen-bond acceptors (Lipinski definition) is 6. The molecule has 0 spiro atoms. The van der Waals surface area contributed by atoms with E-state index in [1.807, 2.05) is 11.0 Å². The predicted octanol–water partition coefficient (Wildman–Crippen LogP) is 2.16. The zero-order valence-corrected chi connectivity index (χ0v) is 12.7. The van der Waals surface area contributed by atoms with Crippen molar-refractivity contribution in [1.82, 2.24) is 15.0 Å². The van der Waals surface area contributed by atoms with E-state index in [9.17, 15) is 0 Å². The summed E-state index contributed by atoms with van der Waals surface area (Å²) < 4.78 is 6.81. The molecule has 3 rings (SSSR count). The van der Waals surface area contributed by atoms with E-state index in [2.05, 4.69) is 37.0 Å². The van der Waals surface area contributed by atoms with Crippen molar-refractivity contribution < 1.29 is 4.74 Å². The molecule has 1 aliphatic rings. The van der Waals surface area contributed by atoms with E-state index < -0.39 is 0 Å². The number of nitrogens with zero attached hydrogens (tertiary/aromatic N) is 5. The van der Waals surface area contributed by atoms with Crippen LogP contribution in [0.5, 0.6) is 5.75 Å². The third-order valence-electron chi connectivity index (χ3n) is 3.26. The highest BCUT2D eigenvalue weighted by Crippen LogP contribution is 2.27. The molecule has 7 heteroatoms. The number of aromatic nitrogens is 3. The molecular formula is C14H12BrN5O. The molecule has 0 aliphatic carbocycles. The molecule has 0 aromatic carbocycles. The first-order valence-corrected chi connectivity index (χ1v) is 7.29. The van der Waals surface area contributed by atoms with Crippen molar-refractivity contribution >= 4 is 21.7 Å². The smallest absolute Gasteiger partial charge is 0.183 e. The van der Waals surface area contributed by atoms with E-state index in [0.717, 1.165) is 23.2 Å². The molecule has 1 atom stereocenters. The van der Waals surface area contributed by atoms with Crippen LogP contribution in [-0.2, 0) is 0 Å². The van der Waals surface area contributed by atoms with Crippen LogP contribution in [0.3, 0.4) is 0 Å². The van der Waals surface area contributed by atoms with Crippen LogP contribution in [0.1, 0.15) is 12.1 Å². The second-order valence-electron chi connectivity index (χ2n) is 4.62. The van der Waals surface area contributed by atoms with Crippen molar-refractivity contribution in [1.29, 1.82) is 5.26 Å². The van der Waals surface area contributed by atoms with Crippen molar-refractivity contribution in [2.45, 2.75) is 12.5 Å². The number of rotatable bonds is 3.